The Hall–Kier alpha value is -2.36. The molecule has 0 spiro atoms. The lowest BCUT2D eigenvalue weighted by Crippen LogP contribution is -2.10. The summed E-state index contributed by atoms with van der Waals surface area (Å²) >= 11 is 0. The summed E-state index contributed by atoms with van der Waals surface area (Å²) in [6, 6.07) is 11.0. The standard InChI is InChI=1S/C16H16O4/c1-10(15(17)19-2)11-4-5-13-9-14(16(18)20-3)7-6-12(13)8-11/h4-10H,1-3H3. The molecule has 0 saturated carbocycles. The molecule has 0 aliphatic heterocycles. The summed E-state index contributed by atoms with van der Waals surface area (Å²) in [4.78, 5) is 23.0. The Morgan fingerprint density at radius 2 is 1.60 bits per heavy atom. The number of carbonyl (C=O) groups is 2. The van der Waals surface area contributed by atoms with Crippen LogP contribution in [-0.4, -0.2) is 26.2 Å². The van der Waals surface area contributed by atoms with Gasteiger partial charge in [-0.3, -0.25) is 4.79 Å². The molecule has 2 aromatic rings. The lowest BCUT2D eigenvalue weighted by Gasteiger charge is -2.10. The van der Waals surface area contributed by atoms with Crippen LogP contribution in [0.3, 0.4) is 0 Å². The maximum Gasteiger partial charge on any atom is 0.337 e. The fourth-order valence-corrected chi connectivity index (χ4v) is 2.09. The van der Waals surface area contributed by atoms with E-state index in [4.69, 9.17) is 9.47 Å². The zero-order valence-electron chi connectivity index (χ0n) is 11.7. The van der Waals surface area contributed by atoms with Crippen LogP contribution in [0.25, 0.3) is 10.8 Å². The Kier molecular flexibility index (Phi) is 4.03. The topological polar surface area (TPSA) is 52.6 Å². The molecule has 2 rings (SSSR count). The molecule has 1 atom stereocenters. The van der Waals surface area contributed by atoms with Crippen LogP contribution < -0.4 is 0 Å². The van der Waals surface area contributed by atoms with Gasteiger partial charge in [-0.1, -0.05) is 24.3 Å². The lowest BCUT2D eigenvalue weighted by molar-refractivity contribution is -0.141. The minimum absolute atomic E-state index is 0.268. The number of benzene rings is 2. The van der Waals surface area contributed by atoms with Crippen molar-refractivity contribution in [3.63, 3.8) is 0 Å². The molecule has 0 aliphatic carbocycles. The van der Waals surface area contributed by atoms with Crippen molar-refractivity contribution >= 4 is 22.7 Å². The summed E-state index contributed by atoms with van der Waals surface area (Å²) < 4.78 is 9.44. The zero-order chi connectivity index (χ0) is 14.7. The third kappa shape index (κ3) is 2.64. The van der Waals surface area contributed by atoms with E-state index in [0.717, 1.165) is 16.3 Å². The summed E-state index contributed by atoms with van der Waals surface area (Å²) in [6.07, 6.45) is 0. The smallest absolute Gasteiger partial charge is 0.337 e. The Labute approximate surface area is 117 Å². The van der Waals surface area contributed by atoms with Crippen LogP contribution in [0, 0.1) is 0 Å². The van der Waals surface area contributed by atoms with Crippen molar-refractivity contribution in [2.45, 2.75) is 12.8 Å². The van der Waals surface area contributed by atoms with Crippen LogP contribution in [0.15, 0.2) is 36.4 Å². The number of methoxy groups -OCH3 is 2. The molecule has 0 saturated heterocycles. The number of rotatable bonds is 3. The van der Waals surface area contributed by atoms with Crippen molar-refractivity contribution in [3.8, 4) is 0 Å². The SMILES string of the molecule is COC(=O)c1ccc2cc(C(C)C(=O)OC)ccc2c1. The highest BCUT2D eigenvalue weighted by atomic mass is 16.5. The predicted molar refractivity (Wildman–Crippen MR) is 75.7 cm³/mol. The van der Waals surface area contributed by atoms with Crippen molar-refractivity contribution in [1.82, 2.24) is 0 Å². The van der Waals surface area contributed by atoms with Gasteiger partial charge in [-0.15, -0.1) is 0 Å². The first-order chi connectivity index (χ1) is 9.56. The predicted octanol–water partition coefficient (Wildman–Crippen LogP) is 2.90. The summed E-state index contributed by atoms with van der Waals surface area (Å²) in [5.41, 5.74) is 1.39. The van der Waals surface area contributed by atoms with Gasteiger partial charge in [0.1, 0.15) is 0 Å². The summed E-state index contributed by atoms with van der Waals surface area (Å²) in [5.74, 6) is -0.945. The first-order valence-corrected chi connectivity index (χ1v) is 6.26. The third-order valence-electron chi connectivity index (χ3n) is 3.34. The molecule has 4 heteroatoms. The molecule has 1 unspecified atom stereocenters. The summed E-state index contributed by atoms with van der Waals surface area (Å²) in [7, 11) is 2.73. The molecular formula is C16H16O4. The van der Waals surface area contributed by atoms with Gasteiger partial charge in [0.15, 0.2) is 0 Å². The normalized spacial score (nSPS) is 11.9. The molecule has 2 aromatic carbocycles. The van der Waals surface area contributed by atoms with Crippen molar-refractivity contribution < 1.29 is 19.1 Å². The molecule has 0 aromatic heterocycles. The molecule has 0 heterocycles. The van der Waals surface area contributed by atoms with Gasteiger partial charge in [0.2, 0.25) is 0 Å². The van der Waals surface area contributed by atoms with E-state index < -0.39 is 0 Å². The van der Waals surface area contributed by atoms with Gasteiger partial charge < -0.3 is 9.47 Å². The second-order valence-corrected chi connectivity index (χ2v) is 4.56. The molecule has 0 bridgehead atoms. The highest BCUT2D eigenvalue weighted by Crippen LogP contribution is 2.23. The molecule has 0 N–H and O–H groups in total. The maximum absolute atomic E-state index is 11.5. The van der Waals surface area contributed by atoms with Crippen molar-refractivity contribution in [1.29, 1.82) is 0 Å². The molecule has 4 nitrogen and oxygen atoms in total. The highest BCUT2D eigenvalue weighted by molar-refractivity contribution is 5.95. The first-order valence-electron chi connectivity index (χ1n) is 6.26. The molecular weight excluding hydrogens is 256 g/mol. The molecule has 104 valence electrons. The zero-order valence-corrected chi connectivity index (χ0v) is 11.7. The van der Waals surface area contributed by atoms with E-state index >= 15 is 0 Å². The van der Waals surface area contributed by atoms with E-state index in [1.165, 1.54) is 14.2 Å². The highest BCUT2D eigenvalue weighted by Gasteiger charge is 2.16. The van der Waals surface area contributed by atoms with E-state index in [1.54, 1.807) is 19.1 Å². The number of carbonyl (C=O) groups excluding carboxylic acids is 2. The van der Waals surface area contributed by atoms with Crippen LogP contribution in [0.4, 0.5) is 0 Å². The van der Waals surface area contributed by atoms with Crippen molar-refractivity contribution in [2.75, 3.05) is 14.2 Å². The fraction of sp³-hybridized carbons (Fsp3) is 0.250. The van der Waals surface area contributed by atoms with E-state index in [0.29, 0.717) is 5.56 Å². The van der Waals surface area contributed by atoms with Crippen LogP contribution >= 0.6 is 0 Å². The molecule has 0 aliphatic rings. The second-order valence-electron chi connectivity index (χ2n) is 4.56. The molecule has 20 heavy (non-hydrogen) atoms. The number of hydrogen-bond donors (Lipinski definition) is 0. The number of esters is 2. The van der Waals surface area contributed by atoms with Crippen LogP contribution in [0.1, 0.15) is 28.8 Å². The first kappa shape index (κ1) is 14.1. The Balaban J connectivity index is 2.41. The lowest BCUT2D eigenvalue weighted by atomic mass is 9.97. The largest absolute Gasteiger partial charge is 0.469 e. The maximum atomic E-state index is 11.5. The van der Waals surface area contributed by atoms with Gasteiger partial charge in [-0.25, -0.2) is 4.79 Å². The van der Waals surface area contributed by atoms with Crippen LogP contribution in [-0.2, 0) is 14.3 Å². The van der Waals surface area contributed by atoms with E-state index in [-0.39, 0.29) is 17.9 Å². The average molecular weight is 272 g/mol. The summed E-state index contributed by atoms with van der Waals surface area (Å²) in [5, 5.41) is 1.89. The van der Waals surface area contributed by atoms with Crippen LogP contribution in [0.5, 0.6) is 0 Å². The molecule has 0 fully saturated rings. The number of fused-ring (bicyclic) bond motifs is 1. The van der Waals surface area contributed by atoms with E-state index in [9.17, 15) is 9.59 Å². The van der Waals surface area contributed by atoms with Crippen molar-refractivity contribution in [3.05, 3.63) is 47.5 Å². The van der Waals surface area contributed by atoms with Crippen molar-refractivity contribution in [2.24, 2.45) is 0 Å². The van der Waals surface area contributed by atoms with Gasteiger partial charge >= 0.3 is 11.9 Å². The van der Waals surface area contributed by atoms with E-state index in [1.807, 2.05) is 24.3 Å². The van der Waals surface area contributed by atoms with Gasteiger partial charge in [-0.2, -0.15) is 0 Å². The number of ether oxygens (including phenoxy) is 2. The van der Waals surface area contributed by atoms with Gasteiger partial charge in [-0.05, 0) is 35.4 Å². The molecule has 0 amide bonds. The second kappa shape index (κ2) is 5.74. The average Bonchev–Trinajstić information content (AvgIpc) is 2.51. The Bertz CT molecular complexity index is 661. The van der Waals surface area contributed by atoms with Gasteiger partial charge in [0.25, 0.3) is 0 Å². The minimum atomic E-state index is -0.362. The van der Waals surface area contributed by atoms with Gasteiger partial charge in [0.05, 0.1) is 25.7 Å². The fourth-order valence-electron chi connectivity index (χ4n) is 2.09. The quantitative estimate of drug-likeness (QED) is 0.806. The minimum Gasteiger partial charge on any atom is -0.469 e. The number of hydrogen-bond acceptors (Lipinski definition) is 4. The molecule has 0 radical (unpaired) electrons. The Morgan fingerprint density at radius 1 is 0.950 bits per heavy atom. The monoisotopic (exact) mass is 272 g/mol. The van der Waals surface area contributed by atoms with E-state index in [2.05, 4.69) is 0 Å². The third-order valence-corrected chi connectivity index (χ3v) is 3.34. The van der Waals surface area contributed by atoms with Crippen LogP contribution in [0.2, 0.25) is 0 Å². The summed E-state index contributed by atoms with van der Waals surface area (Å²) in [6.45, 7) is 1.80. The van der Waals surface area contributed by atoms with Gasteiger partial charge in [0, 0.05) is 0 Å². The Morgan fingerprint density at radius 3 is 2.25 bits per heavy atom.